The Morgan fingerprint density at radius 2 is 0.103 bits per heavy atom. The molecule has 39 heavy (non-hydrogen) atoms. The molecule has 0 aromatic heterocycles. The minimum atomic E-state index is 0. The summed E-state index contributed by atoms with van der Waals surface area (Å²) in [7, 11) is 0. The van der Waals surface area contributed by atoms with Crippen LogP contribution in [0.1, 0.15) is 0 Å². The van der Waals surface area contributed by atoms with Gasteiger partial charge in [-0.3, -0.25) is 0 Å². The molecular formula is Mo6O24Rb8Th-36. The Labute approximate surface area is 736 Å². The van der Waals surface area contributed by atoms with Gasteiger partial charge in [-0.15, -0.1) is 0 Å². The molecule has 0 amide bonds. The third-order valence-corrected chi connectivity index (χ3v) is 0. The third-order valence-electron chi connectivity index (χ3n) is 0. The van der Waals surface area contributed by atoms with E-state index in [0.29, 0.717) is 0 Å². The maximum atomic E-state index is 0. The Kier molecular flexibility index (Phi) is 6670. The van der Waals surface area contributed by atoms with Gasteiger partial charge in [-0.1, -0.05) is 0 Å². The van der Waals surface area contributed by atoms with Crippen LogP contribution < -0.4 is 465 Å². The molecule has 0 radical (unpaired) electrons. The first-order chi connectivity index (χ1) is 0. The maximum Gasteiger partial charge on any atom is 4.00 e. The maximum absolute atomic E-state index is 0. The average Bonchev–Trinajstić information content (AvgIpc) is 0. The zero-order chi connectivity index (χ0) is 0. The molecule has 39 heteroatoms. The van der Waals surface area contributed by atoms with Gasteiger partial charge in [0.2, 0.25) is 0 Å². The molecule has 0 spiro atoms. The Hall–Kier alpha value is 18.9. The minimum Gasteiger partial charge on any atom is -2.00 e. The summed E-state index contributed by atoms with van der Waals surface area (Å²) >= 11 is 0. The van der Waals surface area contributed by atoms with Crippen molar-refractivity contribution >= 4 is 0 Å². The van der Waals surface area contributed by atoms with E-state index in [4.69, 9.17) is 0 Å². The molecule has 24 nitrogen and oxygen atoms in total. The van der Waals surface area contributed by atoms with Gasteiger partial charge in [0.1, 0.15) is 0 Å². The predicted molar refractivity (Wildman–Crippen MR) is 16.5 cm³/mol. The second-order valence-corrected chi connectivity index (χ2v) is 0. The normalized spacial score (nSPS) is 0. The van der Waals surface area contributed by atoms with Gasteiger partial charge in [-0.2, -0.15) is 0 Å². The topological polar surface area (TPSA) is 684 Å². The van der Waals surface area contributed by atoms with Crippen LogP contribution in [0.5, 0.6) is 0 Å². The molecule has 0 aliphatic heterocycles. The predicted octanol–water partition coefficient (Wildman–Crippen LogP) is -26.8. The van der Waals surface area contributed by atoms with Crippen LogP contribution in [0.2, 0.25) is 0 Å². The minimum absolute atomic E-state index is 0. The van der Waals surface area contributed by atoms with Crippen LogP contribution in [0, 0.1) is 39.9 Å². The van der Waals surface area contributed by atoms with E-state index in [1.165, 1.54) is 0 Å². The number of rotatable bonds is 0. The van der Waals surface area contributed by atoms with Gasteiger partial charge >= 0.3 is 505 Å². The van der Waals surface area contributed by atoms with Crippen LogP contribution in [0.3, 0.4) is 0 Å². The summed E-state index contributed by atoms with van der Waals surface area (Å²) in [6.45, 7) is 0. The molecule has 228 valence electrons. The largest absolute Gasteiger partial charge is 4.00 e. The molecule has 0 N–H and O–H groups in total. The summed E-state index contributed by atoms with van der Waals surface area (Å²) in [5.41, 5.74) is 0. The van der Waals surface area contributed by atoms with E-state index < -0.39 is 0 Å². The zero-order valence-electron chi connectivity index (χ0n) is 20.7. The summed E-state index contributed by atoms with van der Waals surface area (Å²) in [5, 5.41) is 0. The van der Waals surface area contributed by atoms with E-state index in [9.17, 15) is 0 Å². The number of hydrogen-bond donors (Lipinski definition) is 0. The molecule has 0 fully saturated rings. The Morgan fingerprint density at radius 1 is 0.103 bits per heavy atom. The molecule has 0 atom stereocenters. The SMILES string of the molecule is [Mo].[Mo].[Mo].[Mo].[Mo].[Mo].[O-2].[O-2].[O-2].[O-2].[O-2].[O-2].[O-2].[O-2].[O-2].[O-2].[O-2].[O-2].[O-2].[O-2].[O-2].[O-2].[O-2].[O-2].[O-2].[O-2].[O-2].[O-2].[O-2].[O-2].[Rb+].[Rb+].[Rb+].[Rb+].[Rb+].[Rb+].[Rb+].[Rb+].[Th+4]. The third kappa shape index (κ3) is 479. The van der Waals surface area contributed by atoms with Crippen molar-refractivity contribution < 1.29 is 763 Å². The summed E-state index contributed by atoms with van der Waals surface area (Å²) in [4.78, 5) is 0. The molecule has 0 aliphatic rings. The molecule has 0 saturated heterocycles. The van der Waals surface area contributed by atoms with Gasteiger partial charge in [0.05, 0.1) is 0 Å². The van der Waals surface area contributed by atoms with E-state index in [-0.39, 0.29) is 763 Å². The van der Waals surface area contributed by atoms with Crippen molar-refractivity contribution in [1.29, 1.82) is 0 Å². The van der Waals surface area contributed by atoms with Crippen molar-refractivity contribution in [2.45, 2.75) is 0 Å². The molecule has 0 unspecified atom stereocenters. The van der Waals surface area contributed by atoms with Crippen molar-refractivity contribution in [3.05, 3.63) is 0 Å². The quantitative estimate of drug-likeness (QED) is 0.204. The molecule has 0 bridgehead atoms. The first-order valence-corrected chi connectivity index (χ1v) is 0. The summed E-state index contributed by atoms with van der Waals surface area (Å²) in [6, 6.07) is 0. The molecule has 0 saturated carbocycles. The Morgan fingerprint density at radius 3 is 0.103 bits per heavy atom. The molecule has 0 heterocycles. The van der Waals surface area contributed by atoms with Gasteiger partial charge < -0.3 is 131 Å². The van der Waals surface area contributed by atoms with Crippen LogP contribution in [0.25, 0.3) is 0 Å². The molecular weight excluding hydrogens is 1880 g/mol. The molecule has 0 aromatic carbocycles. The Bertz CT molecular complexity index is 56.6. The number of hydrogen-bond acceptors (Lipinski definition) is 0. The molecule has 0 rings (SSSR count). The van der Waals surface area contributed by atoms with Gasteiger partial charge in [0.25, 0.3) is 0 Å². The van der Waals surface area contributed by atoms with Crippen molar-refractivity contribution in [2.24, 2.45) is 0 Å². The van der Waals surface area contributed by atoms with Crippen molar-refractivity contribution in [2.75, 3.05) is 0 Å². The fraction of sp³-hybridized carbons (Fsp3) is 0. The second kappa shape index (κ2) is 497. The van der Waals surface area contributed by atoms with Gasteiger partial charge in [-0.25, -0.2) is 0 Å². The zero-order valence-corrected chi connectivity index (χ0v) is 76.2. The van der Waals surface area contributed by atoms with E-state index in [2.05, 4.69) is 0 Å². The first-order valence-electron chi connectivity index (χ1n) is 0. The summed E-state index contributed by atoms with van der Waals surface area (Å²) in [5.74, 6) is 0. The fourth-order valence-electron chi connectivity index (χ4n) is 0. The fourth-order valence-corrected chi connectivity index (χ4v) is 0. The standard InChI is InChI=1S/6Mo.24O.8Rb.Th/q;;;;;;24*-2;8*+1;+4. The van der Waals surface area contributed by atoms with Gasteiger partial charge in [-0.05, 0) is 0 Å². The summed E-state index contributed by atoms with van der Waals surface area (Å²) in [6.07, 6.45) is 0. The molecule has 0 aromatic rings. The van der Waals surface area contributed by atoms with Crippen molar-refractivity contribution in [1.82, 2.24) is 0 Å². The smallest absolute Gasteiger partial charge is 2.00 e. The first kappa shape index (κ1) is 524. The van der Waals surface area contributed by atoms with E-state index in [1.807, 2.05) is 0 Å². The van der Waals surface area contributed by atoms with E-state index >= 15 is 0 Å². The average molecular weight is 1880 g/mol. The summed E-state index contributed by atoms with van der Waals surface area (Å²) < 4.78 is 0. The van der Waals surface area contributed by atoms with Crippen LogP contribution in [0.4, 0.5) is 0 Å². The Balaban J connectivity index is 0. The second-order valence-electron chi connectivity index (χ2n) is 0. The van der Waals surface area contributed by atoms with Gasteiger partial charge in [0, 0.05) is 126 Å². The van der Waals surface area contributed by atoms with Crippen LogP contribution in [0.15, 0.2) is 0 Å². The van der Waals surface area contributed by atoms with Crippen molar-refractivity contribution in [3.8, 4) is 0 Å². The molecule has 0 aliphatic carbocycles. The van der Waals surface area contributed by atoms with E-state index in [1.54, 1.807) is 0 Å². The van der Waals surface area contributed by atoms with Gasteiger partial charge in [0.15, 0.2) is 0 Å². The van der Waals surface area contributed by atoms with E-state index in [0.717, 1.165) is 0 Å². The monoisotopic (exact) mass is 1880 g/mol. The van der Waals surface area contributed by atoms with Crippen LogP contribution in [-0.4, -0.2) is 0 Å². The van der Waals surface area contributed by atoms with Crippen LogP contribution in [-0.2, 0) is 258 Å². The van der Waals surface area contributed by atoms with Crippen LogP contribution >= 0.6 is 0 Å². The van der Waals surface area contributed by atoms with Crippen molar-refractivity contribution in [3.63, 3.8) is 0 Å².